The van der Waals surface area contributed by atoms with Crippen LogP contribution in [-0.2, 0) is 6.42 Å². The van der Waals surface area contributed by atoms with E-state index in [9.17, 15) is 0 Å². The molecular weight excluding hydrogens is 186 g/mol. The molecule has 0 heterocycles. The zero-order valence-corrected chi connectivity index (χ0v) is 9.24. The van der Waals surface area contributed by atoms with Crippen molar-refractivity contribution in [3.05, 3.63) is 41.5 Å². The Labute approximate surface area is 91.6 Å². The second kappa shape index (κ2) is 7.21. The summed E-state index contributed by atoms with van der Waals surface area (Å²) >= 11 is 0. The standard InChI is InChI=1S/C13H19NO/c1-14-9-3-2-5-12-6-4-7-13(11-12)8-10-15/h2,4-7,11,14-15H,3,8-10H2,1H3. The molecule has 0 bridgehead atoms. The number of nitrogens with one attached hydrogen (secondary N) is 1. The quantitative estimate of drug-likeness (QED) is 0.695. The predicted octanol–water partition coefficient (Wildman–Crippen LogP) is 1.84. The smallest absolute Gasteiger partial charge is 0.0471 e. The largest absolute Gasteiger partial charge is 0.396 e. The summed E-state index contributed by atoms with van der Waals surface area (Å²) in [6, 6.07) is 8.27. The summed E-state index contributed by atoms with van der Waals surface area (Å²) in [5.41, 5.74) is 2.39. The molecule has 1 aromatic carbocycles. The summed E-state index contributed by atoms with van der Waals surface area (Å²) in [5.74, 6) is 0. The minimum absolute atomic E-state index is 0.215. The first kappa shape index (κ1) is 12.0. The molecule has 0 saturated carbocycles. The summed E-state index contributed by atoms with van der Waals surface area (Å²) < 4.78 is 0. The third-order valence-electron chi connectivity index (χ3n) is 2.22. The summed E-state index contributed by atoms with van der Waals surface area (Å²) in [4.78, 5) is 0. The highest BCUT2D eigenvalue weighted by molar-refractivity contribution is 5.50. The minimum atomic E-state index is 0.215. The number of aliphatic hydroxyl groups is 1. The van der Waals surface area contributed by atoms with Crippen molar-refractivity contribution >= 4 is 6.08 Å². The van der Waals surface area contributed by atoms with Gasteiger partial charge in [-0.15, -0.1) is 0 Å². The molecule has 0 unspecified atom stereocenters. The molecule has 0 fully saturated rings. The van der Waals surface area contributed by atoms with Crippen LogP contribution in [0.15, 0.2) is 30.3 Å². The van der Waals surface area contributed by atoms with Crippen molar-refractivity contribution in [2.24, 2.45) is 0 Å². The summed E-state index contributed by atoms with van der Waals surface area (Å²) in [6.07, 6.45) is 6.06. The third kappa shape index (κ3) is 4.77. The molecule has 0 radical (unpaired) electrons. The van der Waals surface area contributed by atoms with Crippen molar-refractivity contribution in [1.29, 1.82) is 0 Å². The second-order valence-corrected chi connectivity index (χ2v) is 3.51. The van der Waals surface area contributed by atoms with Crippen LogP contribution in [0.3, 0.4) is 0 Å². The molecule has 0 aliphatic carbocycles. The molecule has 0 amide bonds. The first-order chi connectivity index (χ1) is 7.36. The van der Waals surface area contributed by atoms with Gasteiger partial charge in [0, 0.05) is 6.61 Å². The molecule has 0 saturated heterocycles. The lowest BCUT2D eigenvalue weighted by molar-refractivity contribution is 0.299. The van der Waals surface area contributed by atoms with Gasteiger partial charge in [0.15, 0.2) is 0 Å². The molecule has 0 aromatic heterocycles. The van der Waals surface area contributed by atoms with Crippen LogP contribution >= 0.6 is 0 Å². The number of hydrogen-bond donors (Lipinski definition) is 2. The van der Waals surface area contributed by atoms with Gasteiger partial charge in [0.25, 0.3) is 0 Å². The monoisotopic (exact) mass is 205 g/mol. The van der Waals surface area contributed by atoms with Crippen LogP contribution in [0.1, 0.15) is 17.5 Å². The van der Waals surface area contributed by atoms with Crippen LogP contribution in [0.25, 0.3) is 6.08 Å². The van der Waals surface area contributed by atoms with Crippen LogP contribution in [-0.4, -0.2) is 25.3 Å². The Balaban J connectivity index is 2.53. The molecule has 0 atom stereocenters. The van der Waals surface area contributed by atoms with Crippen LogP contribution < -0.4 is 5.32 Å². The molecule has 0 aliphatic heterocycles. The molecule has 2 nitrogen and oxygen atoms in total. The molecule has 2 N–H and O–H groups in total. The highest BCUT2D eigenvalue weighted by Crippen LogP contribution is 2.07. The maximum absolute atomic E-state index is 8.83. The lowest BCUT2D eigenvalue weighted by atomic mass is 10.1. The van der Waals surface area contributed by atoms with Crippen molar-refractivity contribution in [1.82, 2.24) is 5.32 Å². The SMILES string of the molecule is CNCCC=Cc1cccc(CCO)c1. The van der Waals surface area contributed by atoms with Gasteiger partial charge < -0.3 is 10.4 Å². The highest BCUT2D eigenvalue weighted by atomic mass is 16.2. The average Bonchev–Trinajstić information content (AvgIpc) is 2.26. The Bertz CT molecular complexity index is 307. The Morgan fingerprint density at radius 3 is 3.00 bits per heavy atom. The van der Waals surface area contributed by atoms with E-state index in [0.29, 0.717) is 0 Å². The van der Waals surface area contributed by atoms with Gasteiger partial charge in [0.1, 0.15) is 0 Å². The number of rotatable bonds is 6. The van der Waals surface area contributed by atoms with Gasteiger partial charge in [-0.05, 0) is 37.6 Å². The van der Waals surface area contributed by atoms with Crippen LogP contribution in [0.4, 0.5) is 0 Å². The topological polar surface area (TPSA) is 32.3 Å². The first-order valence-electron chi connectivity index (χ1n) is 5.37. The normalized spacial score (nSPS) is 11.1. The van der Waals surface area contributed by atoms with Crippen molar-refractivity contribution in [3.8, 4) is 0 Å². The van der Waals surface area contributed by atoms with E-state index in [0.717, 1.165) is 19.4 Å². The molecule has 2 heteroatoms. The van der Waals surface area contributed by atoms with Gasteiger partial charge in [-0.25, -0.2) is 0 Å². The van der Waals surface area contributed by atoms with Gasteiger partial charge in [-0.3, -0.25) is 0 Å². The Morgan fingerprint density at radius 1 is 1.40 bits per heavy atom. The number of aliphatic hydroxyl groups excluding tert-OH is 1. The molecule has 1 rings (SSSR count). The van der Waals surface area contributed by atoms with Gasteiger partial charge in [0.05, 0.1) is 0 Å². The molecule has 15 heavy (non-hydrogen) atoms. The van der Waals surface area contributed by atoms with Crippen LogP contribution in [0.5, 0.6) is 0 Å². The van der Waals surface area contributed by atoms with E-state index in [-0.39, 0.29) is 6.61 Å². The zero-order chi connectivity index (χ0) is 10.9. The fourth-order valence-corrected chi connectivity index (χ4v) is 1.43. The fourth-order valence-electron chi connectivity index (χ4n) is 1.43. The van der Waals surface area contributed by atoms with Crippen LogP contribution in [0, 0.1) is 0 Å². The van der Waals surface area contributed by atoms with Crippen molar-refractivity contribution in [3.63, 3.8) is 0 Å². The van der Waals surface area contributed by atoms with E-state index in [1.165, 1.54) is 11.1 Å². The Kier molecular flexibility index (Phi) is 5.74. The van der Waals surface area contributed by atoms with E-state index in [2.05, 4.69) is 29.6 Å². The predicted molar refractivity (Wildman–Crippen MR) is 64.8 cm³/mol. The average molecular weight is 205 g/mol. The van der Waals surface area contributed by atoms with Crippen molar-refractivity contribution in [2.75, 3.05) is 20.2 Å². The lowest BCUT2D eigenvalue weighted by Gasteiger charge is -1.99. The van der Waals surface area contributed by atoms with Crippen molar-refractivity contribution in [2.45, 2.75) is 12.8 Å². The maximum atomic E-state index is 8.83. The Morgan fingerprint density at radius 2 is 2.27 bits per heavy atom. The Hall–Kier alpha value is -1.12. The van der Waals surface area contributed by atoms with E-state index < -0.39 is 0 Å². The van der Waals surface area contributed by atoms with E-state index in [1.54, 1.807) is 0 Å². The summed E-state index contributed by atoms with van der Waals surface area (Å²) in [5, 5.41) is 11.9. The second-order valence-electron chi connectivity index (χ2n) is 3.51. The van der Waals surface area contributed by atoms with Gasteiger partial charge in [-0.2, -0.15) is 0 Å². The summed E-state index contributed by atoms with van der Waals surface area (Å²) in [6.45, 7) is 1.22. The highest BCUT2D eigenvalue weighted by Gasteiger charge is 1.92. The number of hydrogen-bond acceptors (Lipinski definition) is 2. The van der Waals surface area contributed by atoms with E-state index in [4.69, 9.17) is 5.11 Å². The van der Waals surface area contributed by atoms with E-state index >= 15 is 0 Å². The maximum Gasteiger partial charge on any atom is 0.0471 e. The molecular formula is C13H19NO. The van der Waals surface area contributed by atoms with Gasteiger partial charge in [-0.1, -0.05) is 36.4 Å². The van der Waals surface area contributed by atoms with Gasteiger partial charge >= 0.3 is 0 Å². The van der Waals surface area contributed by atoms with Crippen molar-refractivity contribution < 1.29 is 5.11 Å². The molecule has 1 aromatic rings. The first-order valence-corrected chi connectivity index (χ1v) is 5.37. The fraction of sp³-hybridized carbons (Fsp3) is 0.385. The van der Waals surface area contributed by atoms with E-state index in [1.807, 2.05) is 19.2 Å². The molecule has 82 valence electrons. The van der Waals surface area contributed by atoms with Crippen LogP contribution in [0.2, 0.25) is 0 Å². The molecule has 0 spiro atoms. The lowest BCUT2D eigenvalue weighted by Crippen LogP contribution is -2.05. The zero-order valence-electron chi connectivity index (χ0n) is 9.24. The van der Waals surface area contributed by atoms with Gasteiger partial charge in [0.2, 0.25) is 0 Å². The molecule has 0 aliphatic rings. The summed E-state index contributed by atoms with van der Waals surface area (Å²) in [7, 11) is 1.95. The number of benzene rings is 1. The third-order valence-corrected chi connectivity index (χ3v) is 2.22. The minimum Gasteiger partial charge on any atom is -0.396 e.